The molecule has 0 saturated heterocycles. The molecule has 0 fully saturated rings. The summed E-state index contributed by atoms with van der Waals surface area (Å²) in [7, 11) is -3.74. The Morgan fingerprint density at radius 3 is 2.38 bits per heavy atom. The number of hydrogen-bond donors (Lipinski definition) is 2. The van der Waals surface area contributed by atoms with E-state index in [1.54, 1.807) is 41.8 Å². The standard InChI is InChI=1S/C14H15NO4S2/c1-10(14(16)17)13(11-6-3-2-4-7-11)15-21(18,19)12-8-5-9-20-12/h2-10,13,15H,1H3,(H,16,17). The van der Waals surface area contributed by atoms with Gasteiger partial charge in [0.15, 0.2) is 0 Å². The lowest BCUT2D eigenvalue weighted by molar-refractivity contribution is -0.142. The van der Waals surface area contributed by atoms with E-state index in [1.807, 2.05) is 0 Å². The third-order valence-electron chi connectivity index (χ3n) is 3.09. The Labute approximate surface area is 127 Å². The Hall–Kier alpha value is -1.70. The van der Waals surface area contributed by atoms with Crippen LogP contribution in [0.25, 0.3) is 0 Å². The minimum atomic E-state index is -3.74. The second-order valence-corrected chi connectivity index (χ2v) is 7.46. The van der Waals surface area contributed by atoms with Crippen LogP contribution in [0.3, 0.4) is 0 Å². The fourth-order valence-electron chi connectivity index (χ4n) is 1.90. The fourth-order valence-corrected chi connectivity index (χ4v) is 4.22. The molecular weight excluding hydrogens is 310 g/mol. The molecule has 0 aliphatic heterocycles. The average molecular weight is 325 g/mol. The SMILES string of the molecule is CC(C(=O)O)C(NS(=O)(=O)c1cccs1)c1ccccc1. The van der Waals surface area contributed by atoms with Crippen molar-refractivity contribution in [2.45, 2.75) is 17.2 Å². The van der Waals surface area contributed by atoms with E-state index in [4.69, 9.17) is 0 Å². The van der Waals surface area contributed by atoms with Gasteiger partial charge in [0.05, 0.1) is 12.0 Å². The van der Waals surface area contributed by atoms with E-state index in [0.29, 0.717) is 5.56 Å². The van der Waals surface area contributed by atoms with Crippen molar-refractivity contribution >= 4 is 27.3 Å². The van der Waals surface area contributed by atoms with Gasteiger partial charge in [0.25, 0.3) is 10.0 Å². The minimum absolute atomic E-state index is 0.168. The van der Waals surface area contributed by atoms with Crippen molar-refractivity contribution in [3.05, 3.63) is 53.4 Å². The van der Waals surface area contributed by atoms with Gasteiger partial charge in [0.1, 0.15) is 4.21 Å². The second kappa shape index (κ2) is 6.38. The van der Waals surface area contributed by atoms with Crippen LogP contribution in [-0.2, 0) is 14.8 Å². The highest BCUT2D eigenvalue weighted by molar-refractivity contribution is 7.91. The predicted molar refractivity (Wildman–Crippen MR) is 80.6 cm³/mol. The molecule has 2 atom stereocenters. The Balaban J connectivity index is 2.36. The molecule has 5 nitrogen and oxygen atoms in total. The maximum absolute atomic E-state index is 12.3. The molecule has 112 valence electrons. The molecule has 2 N–H and O–H groups in total. The van der Waals surface area contributed by atoms with Crippen molar-refractivity contribution in [3.63, 3.8) is 0 Å². The summed E-state index contributed by atoms with van der Waals surface area (Å²) in [6.07, 6.45) is 0. The quantitative estimate of drug-likeness (QED) is 0.854. The van der Waals surface area contributed by atoms with Crippen LogP contribution >= 0.6 is 11.3 Å². The zero-order chi connectivity index (χ0) is 15.5. The molecule has 2 aromatic rings. The van der Waals surface area contributed by atoms with Gasteiger partial charge in [-0.25, -0.2) is 13.1 Å². The zero-order valence-corrected chi connectivity index (χ0v) is 12.9. The fraction of sp³-hybridized carbons (Fsp3) is 0.214. The zero-order valence-electron chi connectivity index (χ0n) is 11.3. The third-order valence-corrected chi connectivity index (χ3v) is 5.93. The Morgan fingerprint density at radius 2 is 1.86 bits per heavy atom. The Kier molecular flexibility index (Phi) is 4.76. The number of hydrogen-bond acceptors (Lipinski definition) is 4. The molecule has 1 aromatic heterocycles. The van der Waals surface area contributed by atoms with Crippen molar-refractivity contribution < 1.29 is 18.3 Å². The summed E-state index contributed by atoms with van der Waals surface area (Å²) >= 11 is 1.09. The highest BCUT2D eigenvalue weighted by atomic mass is 32.2. The molecule has 0 spiro atoms. The number of carbonyl (C=O) groups is 1. The minimum Gasteiger partial charge on any atom is -0.481 e. The summed E-state index contributed by atoms with van der Waals surface area (Å²) in [5.41, 5.74) is 0.618. The number of aliphatic carboxylic acids is 1. The molecule has 1 aromatic carbocycles. The van der Waals surface area contributed by atoms with Gasteiger partial charge in [-0.2, -0.15) is 0 Å². The average Bonchev–Trinajstić information content (AvgIpc) is 3.00. The van der Waals surface area contributed by atoms with Crippen molar-refractivity contribution in [1.82, 2.24) is 4.72 Å². The number of sulfonamides is 1. The van der Waals surface area contributed by atoms with Crippen molar-refractivity contribution in [1.29, 1.82) is 0 Å². The summed E-state index contributed by atoms with van der Waals surface area (Å²) in [4.78, 5) is 11.3. The molecule has 2 unspecified atom stereocenters. The summed E-state index contributed by atoms with van der Waals surface area (Å²) < 4.78 is 27.3. The first-order valence-corrected chi connectivity index (χ1v) is 8.61. The van der Waals surface area contributed by atoms with E-state index in [0.717, 1.165) is 11.3 Å². The van der Waals surface area contributed by atoms with E-state index >= 15 is 0 Å². The van der Waals surface area contributed by atoms with Crippen LogP contribution in [0, 0.1) is 5.92 Å². The summed E-state index contributed by atoms with van der Waals surface area (Å²) in [5, 5.41) is 10.9. The molecule has 0 aliphatic rings. The van der Waals surface area contributed by atoms with Gasteiger partial charge in [0, 0.05) is 0 Å². The molecule has 0 bridgehead atoms. The van der Waals surface area contributed by atoms with E-state index in [-0.39, 0.29) is 4.21 Å². The largest absolute Gasteiger partial charge is 0.481 e. The number of carboxylic acid groups (broad SMARTS) is 1. The molecule has 7 heteroatoms. The van der Waals surface area contributed by atoms with Crippen molar-refractivity contribution in [2.24, 2.45) is 5.92 Å². The van der Waals surface area contributed by atoms with Crippen LogP contribution in [0.1, 0.15) is 18.5 Å². The second-order valence-electron chi connectivity index (χ2n) is 4.57. The van der Waals surface area contributed by atoms with E-state index in [2.05, 4.69) is 4.72 Å². The van der Waals surface area contributed by atoms with Gasteiger partial charge in [-0.15, -0.1) is 11.3 Å². The van der Waals surface area contributed by atoms with Gasteiger partial charge >= 0.3 is 5.97 Å². The molecular formula is C14H15NO4S2. The van der Waals surface area contributed by atoms with Crippen LogP contribution in [0.4, 0.5) is 0 Å². The first-order chi connectivity index (χ1) is 9.92. The van der Waals surface area contributed by atoms with Crippen molar-refractivity contribution in [3.8, 4) is 0 Å². The van der Waals surface area contributed by atoms with E-state index in [1.165, 1.54) is 13.0 Å². The monoisotopic (exact) mass is 325 g/mol. The highest BCUT2D eigenvalue weighted by Crippen LogP contribution is 2.26. The predicted octanol–water partition coefficient (Wildman–Crippen LogP) is 2.49. The molecule has 0 saturated carbocycles. The number of rotatable bonds is 6. The molecule has 2 rings (SSSR count). The number of thiophene rings is 1. The van der Waals surface area contributed by atoms with Crippen LogP contribution in [0.2, 0.25) is 0 Å². The smallest absolute Gasteiger partial charge is 0.308 e. The van der Waals surface area contributed by atoms with E-state index in [9.17, 15) is 18.3 Å². The van der Waals surface area contributed by atoms with Crippen LogP contribution < -0.4 is 4.72 Å². The lowest BCUT2D eigenvalue weighted by atomic mass is 9.96. The molecule has 0 radical (unpaired) electrons. The Bertz CT molecular complexity index is 696. The normalized spacial score (nSPS) is 14.5. The van der Waals surface area contributed by atoms with Crippen LogP contribution in [-0.4, -0.2) is 19.5 Å². The van der Waals surface area contributed by atoms with Gasteiger partial charge < -0.3 is 5.11 Å². The molecule has 1 heterocycles. The summed E-state index contributed by atoms with van der Waals surface area (Å²) in [5.74, 6) is -1.94. The summed E-state index contributed by atoms with van der Waals surface area (Å²) in [6, 6.07) is 11.0. The van der Waals surface area contributed by atoms with Gasteiger partial charge in [-0.05, 0) is 17.0 Å². The maximum atomic E-state index is 12.3. The molecule has 21 heavy (non-hydrogen) atoms. The first-order valence-electron chi connectivity index (χ1n) is 6.25. The van der Waals surface area contributed by atoms with E-state index < -0.39 is 28.0 Å². The lowest BCUT2D eigenvalue weighted by Gasteiger charge is -2.22. The highest BCUT2D eigenvalue weighted by Gasteiger charge is 2.30. The van der Waals surface area contributed by atoms with Gasteiger partial charge in [-0.1, -0.05) is 43.3 Å². The maximum Gasteiger partial charge on any atom is 0.308 e. The van der Waals surface area contributed by atoms with Gasteiger partial charge in [0.2, 0.25) is 0 Å². The number of benzene rings is 1. The van der Waals surface area contributed by atoms with Crippen LogP contribution in [0.15, 0.2) is 52.1 Å². The topological polar surface area (TPSA) is 83.5 Å². The Morgan fingerprint density at radius 1 is 1.19 bits per heavy atom. The van der Waals surface area contributed by atoms with Crippen LogP contribution in [0.5, 0.6) is 0 Å². The third kappa shape index (κ3) is 3.69. The van der Waals surface area contributed by atoms with Gasteiger partial charge in [-0.3, -0.25) is 4.79 Å². The first kappa shape index (κ1) is 15.7. The lowest BCUT2D eigenvalue weighted by Crippen LogP contribution is -2.35. The number of nitrogens with one attached hydrogen (secondary N) is 1. The molecule has 0 aliphatic carbocycles. The summed E-state index contributed by atoms with van der Waals surface area (Å²) in [6.45, 7) is 1.48. The van der Waals surface area contributed by atoms with Crippen molar-refractivity contribution in [2.75, 3.05) is 0 Å². The molecule has 0 amide bonds. The number of carboxylic acids is 1.